The van der Waals surface area contributed by atoms with Crippen molar-refractivity contribution in [2.45, 2.75) is 6.92 Å². The lowest BCUT2D eigenvalue weighted by molar-refractivity contribution is 0.270. The van der Waals surface area contributed by atoms with Gasteiger partial charge in [-0.3, -0.25) is 4.90 Å². The number of sulfone groups is 1. The van der Waals surface area contributed by atoms with E-state index in [4.69, 9.17) is 4.74 Å². The predicted octanol–water partition coefficient (Wildman–Crippen LogP) is 0.647. The van der Waals surface area contributed by atoms with Crippen LogP contribution in [0.4, 0.5) is 5.82 Å². The largest absolute Gasteiger partial charge is 0.478 e. The molecule has 0 bridgehead atoms. The van der Waals surface area contributed by atoms with Crippen molar-refractivity contribution in [3.8, 4) is 5.88 Å². The molecule has 0 spiro atoms. The monoisotopic (exact) mass is 313 g/mol. The Bertz CT molecular complexity index is 554. The molecule has 1 aliphatic heterocycles. The third-order valence-electron chi connectivity index (χ3n) is 3.48. The lowest BCUT2D eigenvalue weighted by atomic mass is 10.3. The highest BCUT2D eigenvalue weighted by molar-refractivity contribution is 7.90. The molecule has 1 saturated heterocycles. The second kappa shape index (κ2) is 7.09. The molecular weight excluding hydrogens is 290 g/mol. The van der Waals surface area contributed by atoms with Gasteiger partial charge in [-0.1, -0.05) is 6.07 Å². The summed E-state index contributed by atoms with van der Waals surface area (Å²) in [6, 6.07) is 5.79. The summed E-state index contributed by atoms with van der Waals surface area (Å²) in [5.74, 6) is 1.80. The van der Waals surface area contributed by atoms with Gasteiger partial charge in [0.05, 0.1) is 12.4 Å². The van der Waals surface area contributed by atoms with Gasteiger partial charge in [-0.25, -0.2) is 8.42 Å². The average Bonchev–Trinajstić information content (AvgIpc) is 2.46. The molecular formula is C14H23N3O3S. The highest BCUT2D eigenvalue weighted by atomic mass is 32.2. The molecule has 0 atom stereocenters. The molecule has 6 nitrogen and oxygen atoms in total. The van der Waals surface area contributed by atoms with Crippen LogP contribution in [-0.2, 0) is 9.84 Å². The molecule has 0 amide bonds. The third kappa shape index (κ3) is 5.17. The maximum atomic E-state index is 11.2. The second-order valence-corrected chi connectivity index (χ2v) is 7.49. The first-order chi connectivity index (χ1) is 9.98. The van der Waals surface area contributed by atoms with Gasteiger partial charge < -0.3 is 9.64 Å². The van der Waals surface area contributed by atoms with Crippen LogP contribution in [-0.4, -0.2) is 69.6 Å². The van der Waals surface area contributed by atoms with Gasteiger partial charge in [0.15, 0.2) is 0 Å². The van der Waals surface area contributed by atoms with Gasteiger partial charge in [0, 0.05) is 45.0 Å². The van der Waals surface area contributed by atoms with Gasteiger partial charge in [-0.15, -0.1) is 0 Å². The van der Waals surface area contributed by atoms with Crippen LogP contribution in [0.1, 0.15) is 6.92 Å². The molecule has 118 valence electrons. The molecule has 0 radical (unpaired) electrons. The van der Waals surface area contributed by atoms with E-state index in [1.807, 2.05) is 25.1 Å². The summed E-state index contributed by atoms with van der Waals surface area (Å²) in [5, 5.41) is 0. The number of aromatic nitrogens is 1. The van der Waals surface area contributed by atoms with Crippen molar-refractivity contribution in [2.24, 2.45) is 0 Å². The van der Waals surface area contributed by atoms with Gasteiger partial charge in [0.1, 0.15) is 15.7 Å². The maximum absolute atomic E-state index is 11.2. The molecule has 0 saturated carbocycles. The lowest BCUT2D eigenvalue weighted by Crippen LogP contribution is -2.47. The van der Waals surface area contributed by atoms with Crippen LogP contribution in [0.3, 0.4) is 0 Å². The fourth-order valence-electron chi connectivity index (χ4n) is 2.30. The summed E-state index contributed by atoms with van der Waals surface area (Å²) < 4.78 is 27.8. The van der Waals surface area contributed by atoms with Crippen molar-refractivity contribution in [3.63, 3.8) is 0 Å². The summed E-state index contributed by atoms with van der Waals surface area (Å²) >= 11 is 0. The van der Waals surface area contributed by atoms with Crippen LogP contribution in [0.15, 0.2) is 18.2 Å². The van der Waals surface area contributed by atoms with E-state index < -0.39 is 9.84 Å². The van der Waals surface area contributed by atoms with Crippen LogP contribution in [0.2, 0.25) is 0 Å². The van der Waals surface area contributed by atoms with Gasteiger partial charge in [0.2, 0.25) is 5.88 Å². The van der Waals surface area contributed by atoms with Crippen LogP contribution in [0.5, 0.6) is 5.88 Å². The minimum atomic E-state index is -2.89. The molecule has 0 aromatic carbocycles. The Hall–Kier alpha value is -1.34. The smallest absolute Gasteiger partial charge is 0.215 e. The maximum Gasteiger partial charge on any atom is 0.215 e. The molecule has 1 aromatic heterocycles. The normalized spacial score (nSPS) is 17.0. The second-order valence-electron chi connectivity index (χ2n) is 5.23. The van der Waals surface area contributed by atoms with Crippen molar-refractivity contribution in [2.75, 3.05) is 56.2 Å². The van der Waals surface area contributed by atoms with E-state index in [2.05, 4.69) is 14.8 Å². The minimum absolute atomic E-state index is 0.227. The minimum Gasteiger partial charge on any atom is -0.478 e. The Morgan fingerprint density at radius 3 is 2.57 bits per heavy atom. The third-order valence-corrected chi connectivity index (χ3v) is 4.40. The molecule has 1 aliphatic rings. The van der Waals surface area contributed by atoms with Crippen molar-refractivity contribution < 1.29 is 13.2 Å². The van der Waals surface area contributed by atoms with E-state index in [1.54, 1.807) is 0 Å². The molecule has 2 rings (SSSR count). The van der Waals surface area contributed by atoms with E-state index in [-0.39, 0.29) is 5.75 Å². The van der Waals surface area contributed by atoms with Crippen LogP contribution < -0.4 is 9.64 Å². The van der Waals surface area contributed by atoms with Crippen molar-refractivity contribution >= 4 is 15.7 Å². The fraction of sp³-hybridized carbons (Fsp3) is 0.643. The van der Waals surface area contributed by atoms with Crippen molar-refractivity contribution in [3.05, 3.63) is 18.2 Å². The van der Waals surface area contributed by atoms with Crippen LogP contribution in [0.25, 0.3) is 0 Å². The quantitative estimate of drug-likeness (QED) is 0.768. The molecule has 2 heterocycles. The number of piperazine rings is 1. The van der Waals surface area contributed by atoms with Crippen LogP contribution in [0, 0.1) is 0 Å². The number of rotatable bonds is 6. The van der Waals surface area contributed by atoms with E-state index in [0.29, 0.717) is 19.0 Å². The highest BCUT2D eigenvalue weighted by Gasteiger charge is 2.19. The Morgan fingerprint density at radius 2 is 1.95 bits per heavy atom. The lowest BCUT2D eigenvalue weighted by Gasteiger charge is -2.35. The Kier molecular flexibility index (Phi) is 5.41. The van der Waals surface area contributed by atoms with Gasteiger partial charge in [0.25, 0.3) is 0 Å². The fourth-order valence-corrected chi connectivity index (χ4v) is 2.89. The SMILES string of the molecule is CCOc1cccc(N2CCN(CCS(C)(=O)=O)CC2)n1. The molecule has 0 aliphatic carbocycles. The number of anilines is 1. The van der Waals surface area contributed by atoms with E-state index >= 15 is 0 Å². The number of nitrogens with zero attached hydrogens (tertiary/aromatic N) is 3. The molecule has 7 heteroatoms. The van der Waals surface area contributed by atoms with Crippen LogP contribution >= 0.6 is 0 Å². The summed E-state index contributed by atoms with van der Waals surface area (Å²) in [6.45, 7) is 6.58. The van der Waals surface area contributed by atoms with Crippen molar-refractivity contribution in [1.82, 2.24) is 9.88 Å². The summed E-state index contributed by atoms with van der Waals surface area (Å²) in [5.41, 5.74) is 0. The van der Waals surface area contributed by atoms with Crippen molar-refractivity contribution in [1.29, 1.82) is 0 Å². The van der Waals surface area contributed by atoms with E-state index in [9.17, 15) is 8.42 Å². The molecule has 0 N–H and O–H groups in total. The number of ether oxygens (including phenoxy) is 1. The molecule has 0 unspecified atom stereocenters. The molecule has 1 fully saturated rings. The highest BCUT2D eigenvalue weighted by Crippen LogP contribution is 2.17. The number of hydrogen-bond acceptors (Lipinski definition) is 6. The standard InChI is InChI=1S/C14H23N3O3S/c1-3-20-14-6-4-5-13(15-14)17-9-7-16(8-10-17)11-12-21(2,18)19/h4-6H,3,7-12H2,1-2H3. The van der Waals surface area contributed by atoms with Gasteiger partial charge in [-0.05, 0) is 13.0 Å². The van der Waals surface area contributed by atoms with E-state index in [0.717, 1.165) is 32.0 Å². The average molecular weight is 313 g/mol. The first kappa shape index (κ1) is 16.0. The summed E-state index contributed by atoms with van der Waals surface area (Å²) in [6.07, 6.45) is 1.28. The first-order valence-corrected chi connectivity index (χ1v) is 9.29. The number of hydrogen-bond donors (Lipinski definition) is 0. The van der Waals surface area contributed by atoms with Gasteiger partial charge >= 0.3 is 0 Å². The van der Waals surface area contributed by atoms with E-state index in [1.165, 1.54) is 6.26 Å². The molecule has 21 heavy (non-hydrogen) atoms. The topological polar surface area (TPSA) is 62.7 Å². The zero-order valence-electron chi connectivity index (χ0n) is 12.7. The van der Waals surface area contributed by atoms with Gasteiger partial charge in [-0.2, -0.15) is 4.98 Å². The predicted molar refractivity (Wildman–Crippen MR) is 83.8 cm³/mol. The number of pyridine rings is 1. The summed E-state index contributed by atoms with van der Waals surface area (Å²) in [7, 11) is -2.89. The zero-order valence-corrected chi connectivity index (χ0v) is 13.5. The Morgan fingerprint density at radius 1 is 1.24 bits per heavy atom. The zero-order chi connectivity index (χ0) is 15.3. The molecule has 1 aromatic rings. The Labute approximate surface area is 126 Å². The first-order valence-electron chi connectivity index (χ1n) is 7.23. The summed E-state index contributed by atoms with van der Waals surface area (Å²) in [4.78, 5) is 8.88. The Balaban J connectivity index is 1.87.